The summed E-state index contributed by atoms with van der Waals surface area (Å²) in [4.78, 5) is 25.7. The fourth-order valence-electron chi connectivity index (χ4n) is 3.07. The highest BCUT2D eigenvalue weighted by Crippen LogP contribution is 2.26. The molecule has 35 heavy (non-hydrogen) atoms. The molecule has 3 rings (SSSR count). The number of hydrogen-bond acceptors (Lipinski definition) is 8. The van der Waals surface area contributed by atoms with Crippen LogP contribution in [0, 0.1) is 5.82 Å². The number of amides is 1. The molecule has 0 saturated heterocycles. The second-order valence-corrected chi connectivity index (χ2v) is 8.98. The molecule has 0 spiro atoms. The molecule has 0 radical (unpaired) electrons. The van der Waals surface area contributed by atoms with E-state index in [1.54, 1.807) is 24.3 Å². The van der Waals surface area contributed by atoms with Gasteiger partial charge in [-0.3, -0.25) is 9.63 Å². The first-order chi connectivity index (χ1) is 16.7. The number of carbonyl (C=O) groups excluding carboxylic acids is 1. The van der Waals surface area contributed by atoms with Crippen LogP contribution in [0.3, 0.4) is 0 Å². The minimum absolute atomic E-state index is 0.000828. The van der Waals surface area contributed by atoms with Crippen LogP contribution in [0.2, 0.25) is 0 Å². The van der Waals surface area contributed by atoms with Crippen LogP contribution in [0.25, 0.3) is 0 Å². The molecular weight excluding hydrogens is 453 g/mol. The number of carbonyl (C=O) groups is 1. The van der Waals surface area contributed by atoms with Gasteiger partial charge in [-0.15, -0.1) is 0 Å². The average Bonchev–Trinajstić information content (AvgIpc) is 2.84. The van der Waals surface area contributed by atoms with Crippen LogP contribution in [0.5, 0.6) is 0 Å². The van der Waals surface area contributed by atoms with Crippen molar-refractivity contribution in [2.45, 2.75) is 38.9 Å². The van der Waals surface area contributed by atoms with Crippen molar-refractivity contribution in [2.24, 2.45) is 0 Å². The summed E-state index contributed by atoms with van der Waals surface area (Å²) in [6.07, 6.45) is 0.0209. The minimum Gasteiger partial charge on any atom is -0.394 e. The molecule has 2 aromatic carbocycles. The number of halogens is 1. The summed E-state index contributed by atoms with van der Waals surface area (Å²) < 4.78 is 14.3. The van der Waals surface area contributed by atoms with Gasteiger partial charge in [-0.05, 0) is 40.8 Å². The number of anilines is 3. The first-order valence-corrected chi connectivity index (χ1v) is 11.1. The Balaban J connectivity index is 1.60. The normalized spacial score (nSPS) is 12.2. The maximum atomic E-state index is 14.3. The van der Waals surface area contributed by atoms with Crippen LogP contribution in [0.1, 0.15) is 42.3 Å². The number of rotatable bonds is 10. The van der Waals surface area contributed by atoms with Gasteiger partial charge in [-0.1, -0.05) is 45.0 Å². The molecule has 1 heterocycles. The van der Waals surface area contributed by atoms with Crippen molar-refractivity contribution in [2.75, 3.05) is 23.9 Å². The van der Waals surface area contributed by atoms with Gasteiger partial charge in [-0.25, -0.2) is 14.9 Å². The molecule has 9 nitrogen and oxygen atoms in total. The molecule has 1 aromatic heterocycles. The highest BCUT2D eigenvalue weighted by molar-refractivity contribution is 5.94. The van der Waals surface area contributed by atoms with Crippen LogP contribution in [0.4, 0.5) is 21.8 Å². The summed E-state index contributed by atoms with van der Waals surface area (Å²) in [6.45, 7) is 5.88. The number of aliphatic hydroxyl groups is 2. The third kappa shape index (κ3) is 7.71. The van der Waals surface area contributed by atoms with E-state index in [0.717, 1.165) is 11.8 Å². The molecule has 0 saturated carbocycles. The second kappa shape index (κ2) is 11.7. The lowest BCUT2D eigenvalue weighted by molar-refractivity contribution is 0.0801. The summed E-state index contributed by atoms with van der Waals surface area (Å²) in [5.41, 5.74) is 5.39. The van der Waals surface area contributed by atoms with Gasteiger partial charge in [-0.2, -0.15) is 4.98 Å². The third-order valence-corrected chi connectivity index (χ3v) is 5.04. The van der Waals surface area contributed by atoms with Gasteiger partial charge in [0, 0.05) is 17.8 Å². The summed E-state index contributed by atoms with van der Waals surface area (Å²) >= 11 is 0. The van der Waals surface area contributed by atoms with E-state index in [1.165, 1.54) is 0 Å². The lowest BCUT2D eigenvalue weighted by Crippen LogP contribution is -2.33. The number of nitrogens with zero attached hydrogens (tertiary/aromatic N) is 2. The van der Waals surface area contributed by atoms with Crippen LogP contribution in [-0.2, 0) is 16.9 Å². The monoisotopic (exact) mass is 483 g/mol. The summed E-state index contributed by atoms with van der Waals surface area (Å²) in [7, 11) is 0. The molecule has 1 unspecified atom stereocenters. The zero-order chi connectivity index (χ0) is 25.4. The molecule has 3 aromatic rings. The van der Waals surface area contributed by atoms with Gasteiger partial charge >= 0.3 is 0 Å². The summed E-state index contributed by atoms with van der Waals surface area (Å²) in [5.74, 6) is -0.934. The zero-order valence-corrected chi connectivity index (χ0v) is 19.9. The molecule has 0 bridgehead atoms. The Morgan fingerprint density at radius 3 is 2.69 bits per heavy atom. The Labute approximate surface area is 203 Å². The molecule has 5 N–H and O–H groups in total. The zero-order valence-electron chi connectivity index (χ0n) is 19.9. The summed E-state index contributed by atoms with van der Waals surface area (Å²) in [5, 5.41) is 23.7. The lowest BCUT2D eigenvalue weighted by Gasteiger charge is -2.20. The highest BCUT2D eigenvalue weighted by Gasteiger charge is 2.15. The van der Waals surface area contributed by atoms with E-state index in [9.17, 15) is 14.3 Å². The third-order valence-electron chi connectivity index (χ3n) is 5.04. The predicted octanol–water partition coefficient (Wildman–Crippen LogP) is 3.28. The van der Waals surface area contributed by atoms with Crippen molar-refractivity contribution in [3.63, 3.8) is 0 Å². The van der Waals surface area contributed by atoms with Gasteiger partial charge in [0.1, 0.15) is 0 Å². The lowest BCUT2D eigenvalue weighted by atomic mass is 9.87. The summed E-state index contributed by atoms with van der Waals surface area (Å²) in [6, 6.07) is 14.4. The first kappa shape index (κ1) is 26.0. The molecule has 10 heteroatoms. The van der Waals surface area contributed by atoms with E-state index in [0.29, 0.717) is 16.8 Å². The number of hydrogen-bond donors (Lipinski definition) is 5. The molecular formula is C25H30FN5O4. The van der Waals surface area contributed by atoms with E-state index in [2.05, 4.69) is 46.9 Å². The average molecular weight is 484 g/mol. The predicted molar refractivity (Wildman–Crippen MR) is 131 cm³/mol. The second-order valence-electron chi connectivity index (χ2n) is 8.98. The van der Waals surface area contributed by atoms with Gasteiger partial charge in [0.25, 0.3) is 5.91 Å². The van der Waals surface area contributed by atoms with E-state index in [-0.39, 0.29) is 36.2 Å². The molecule has 0 aliphatic heterocycles. The van der Waals surface area contributed by atoms with Crippen LogP contribution < -0.4 is 16.1 Å². The van der Waals surface area contributed by atoms with Crippen molar-refractivity contribution in [3.8, 4) is 0 Å². The Morgan fingerprint density at radius 1 is 1.17 bits per heavy atom. The van der Waals surface area contributed by atoms with E-state index >= 15 is 0 Å². The number of nitrogens with one attached hydrogen (secondary N) is 3. The largest absolute Gasteiger partial charge is 0.394 e. The van der Waals surface area contributed by atoms with Gasteiger partial charge in [0.15, 0.2) is 11.6 Å². The van der Waals surface area contributed by atoms with Crippen molar-refractivity contribution < 1.29 is 24.2 Å². The Hall–Kier alpha value is -3.60. The Kier molecular flexibility index (Phi) is 8.69. The van der Waals surface area contributed by atoms with Crippen LogP contribution >= 0.6 is 0 Å². The number of aliphatic hydroxyl groups excluding tert-OH is 2. The highest BCUT2D eigenvalue weighted by atomic mass is 19.1. The Morgan fingerprint density at radius 2 is 1.94 bits per heavy atom. The van der Waals surface area contributed by atoms with Crippen molar-refractivity contribution in [1.82, 2.24) is 15.3 Å². The SMILES string of the molecule is CC(C)(C)c1cccc(Nc2nc(NOCc3cccc(C(=O)NCC(O)CO)c3)ncc2F)c1. The first-order valence-electron chi connectivity index (χ1n) is 11.1. The number of benzene rings is 2. The molecule has 0 fully saturated rings. The number of aromatic nitrogens is 2. The van der Waals surface area contributed by atoms with E-state index in [4.69, 9.17) is 9.94 Å². The smallest absolute Gasteiger partial charge is 0.251 e. The fourth-order valence-corrected chi connectivity index (χ4v) is 3.07. The van der Waals surface area contributed by atoms with Gasteiger partial charge in [0.05, 0.1) is 25.5 Å². The van der Waals surface area contributed by atoms with Crippen LogP contribution in [0.15, 0.2) is 54.7 Å². The quantitative estimate of drug-likeness (QED) is 0.278. The minimum atomic E-state index is -1.02. The molecule has 0 aliphatic rings. The Bertz CT molecular complexity index is 1150. The van der Waals surface area contributed by atoms with E-state index < -0.39 is 18.5 Å². The van der Waals surface area contributed by atoms with Crippen molar-refractivity contribution in [3.05, 3.63) is 77.2 Å². The standard InChI is InChI=1S/C25H30FN5O4/c1-25(2,3)18-8-5-9-19(11-18)29-22-21(26)13-28-24(30-22)31-35-15-16-6-4-7-17(10-16)23(34)27-12-20(33)14-32/h4-11,13,20,32-33H,12,14-15H2,1-3H3,(H,27,34)(H2,28,29,30,31). The van der Waals surface area contributed by atoms with Gasteiger partial charge in [0.2, 0.25) is 5.95 Å². The molecule has 1 amide bonds. The maximum Gasteiger partial charge on any atom is 0.251 e. The molecule has 186 valence electrons. The van der Waals surface area contributed by atoms with Crippen molar-refractivity contribution >= 4 is 23.4 Å². The molecule has 1 atom stereocenters. The molecule has 0 aliphatic carbocycles. The van der Waals surface area contributed by atoms with Crippen molar-refractivity contribution in [1.29, 1.82) is 0 Å². The fraction of sp³-hybridized carbons (Fsp3) is 0.320. The van der Waals surface area contributed by atoms with E-state index in [1.807, 2.05) is 24.3 Å². The van der Waals surface area contributed by atoms with Gasteiger partial charge < -0.3 is 20.8 Å². The maximum absolute atomic E-state index is 14.3. The topological polar surface area (TPSA) is 129 Å². The van der Waals surface area contributed by atoms with Crippen LogP contribution in [-0.4, -0.2) is 45.3 Å².